The maximum Gasteiger partial charge on any atom is 0.0704 e. The van der Waals surface area contributed by atoms with Gasteiger partial charge in [-0.2, -0.15) is 0 Å². The average molecular weight is 197 g/mol. The van der Waals surface area contributed by atoms with Gasteiger partial charge in [-0.25, -0.2) is 0 Å². The third-order valence-corrected chi connectivity index (χ3v) is 3.70. The summed E-state index contributed by atoms with van der Waals surface area (Å²) in [5.74, 6) is 0.904. The van der Waals surface area contributed by atoms with Crippen LogP contribution in [-0.2, 0) is 4.74 Å². The molecule has 2 aliphatic rings. The van der Waals surface area contributed by atoms with Gasteiger partial charge in [0.05, 0.1) is 12.2 Å². The minimum atomic E-state index is 0.329. The Hall–Kier alpha value is -0.0800. The number of ether oxygens (including phenoxy) is 1. The first-order valence-electron chi connectivity index (χ1n) is 5.98. The van der Waals surface area contributed by atoms with Crippen molar-refractivity contribution in [2.24, 2.45) is 5.92 Å². The van der Waals surface area contributed by atoms with Crippen LogP contribution in [-0.4, -0.2) is 24.3 Å². The Morgan fingerprint density at radius 3 is 2.43 bits per heavy atom. The highest BCUT2D eigenvalue weighted by molar-refractivity contribution is 4.95. The Morgan fingerprint density at radius 1 is 1.21 bits per heavy atom. The van der Waals surface area contributed by atoms with Crippen LogP contribution in [0.5, 0.6) is 0 Å². The summed E-state index contributed by atoms with van der Waals surface area (Å²) in [6, 6.07) is 0. The molecule has 0 amide bonds. The van der Waals surface area contributed by atoms with E-state index in [-0.39, 0.29) is 0 Å². The highest BCUT2D eigenvalue weighted by Gasteiger charge is 2.37. The maximum absolute atomic E-state index is 5.79. The molecular formula is C12H23NO. The fraction of sp³-hybridized carbons (Fsp3) is 1.00. The Kier molecular flexibility index (Phi) is 2.85. The fourth-order valence-electron chi connectivity index (χ4n) is 2.36. The van der Waals surface area contributed by atoms with Crippen LogP contribution in [0.2, 0.25) is 0 Å². The van der Waals surface area contributed by atoms with E-state index in [1.807, 2.05) is 0 Å². The molecule has 14 heavy (non-hydrogen) atoms. The van der Waals surface area contributed by atoms with Gasteiger partial charge in [-0.15, -0.1) is 0 Å². The molecule has 0 radical (unpaired) electrons. The van der Waals surface area contributed by atoms with Crippen LogP contribution < -0.4 is 5.32 Å². The molecule has 1 N–H and O–H groups in total. The molecule has 0 bridgehead atoms. The third kappa shape index (κ3) is 2.48. The molecule has 1 aliphatic carbocycles. The number of hydrogen-bond donors (Lipinski definition) is 1. The Bertz CT molecular complexity index is 198. The van der Waals surface area contributed by atoms with Crippen molar-refractivity contribution in [3.05, 3.63) is 0 Å². The zero-order valence-electron chi connectivity index (χ0n) is 9.68. The second-order valence-corrected chi connectivity index (χ2v) is 5.52. The number of hydrogen-bond acceptors (Lipinski definition) is 2. The largest absolute Gasteiger partial charge is 0.374 e. The minimum absolute atomic E-state index is 0.329. The topological polar surface area (TPSA) is 21.3 Å². The maximum atomic E-state index is 5.79. The van der Waals surface area contributed by atoms with Crippen molar-refractivity contribution in [3.63, 3.8) is 0 Å². The molecule has 2 atom stereocenters. The van der Waals surface area contributed by atoms with E-state index in [0.717, 1.165) is 12.5 Å². The summed E-state index contributed by atoms with van der Waals surface area (Å²) in [7, 11) is 0. The van der Waals surface area contributed by atoms with Crippen LogP contribution >= 0.6 is 0 Å². The van der Waals surface area contributed by atoms with Crippen molar-refractivity contribution in [3.8, 4) is 0 Å². The molecule has 0 aromatic carbocycles. The Labute approximate surface area is 87.4 Å². The van der Waals surface area contributed by atoms with Crippen molar-refractivity contribution in [1.29, 1.82) is 0 Å². The van der Waals surface area contributed by atoms with E-state index < -0.39 is 0 Å². The molecule has 2 nitrogen and oxygen atoms in total. The molecule has 2 heteroatoms. The molecule has 0 aromatic heterocycles. The normalized spacial score (nSPS) is 33.6. The van der Waals surface area contributed by atoms with Gasteiger partial charge in [-0.3, -0.25) is 0 Å². The monoisotopic (exact) mass is 197 g/mol. The van der Waals surface area contributed by atoms with Gasteiger partial charge in [0, 0.05) is 12.1 Å². The van der Waals surface area contributed by atoms with Gasteiger partial charge in [0.15, 0.2) is 0 Å². The lowest BCUT2D eigenvalue weighted by atomic mass is 9.98. The standard InChI is InChI=1S/C12H23NO/c1-9-4-7-11(14-9)8-13-12(2,3)10-5-6-10/h9-11,13H,4-8H2,1-3H3. The summed E-state index contributed by atoms with van der Waals surface area (Å²) >= 11 is 0. The molecule has 1 heterocycles. The van der Waals surface area contributed by atoms with Crippen molar-refractivity contribution in [2.75, 3.05) is 6.54 Å². The lowest BCUT2D eigenvalue weighted by Gasteiger charge is -2.28. The molecule has 0 spiro atoms. The fourth-order valence-corrected chi connectivity index (χ4v) is 2.36. The van der Waals surface area contributed by atoms with Crippen LogP contribution in [0.25, 0.3) is 0 Å². The van der Waals surface area contributed by atoms with Gasteiger partial charge in [-0.05, 0) is 52.4 Å². The molecule has 2 fully saturated rings. The summed E-state index contributed by atoms with van der Waals surface area (Å²) in [5.41, 5.74) is 0.329. The molecule has 2 unspecified atom stereocenters. The Balaban J connectivity index is 1.71. The molecule has 2 rings (SSSR count). The summed E-state index contributed by atoms with van der Waals surface area (Å²) in [6.45, 7) is 7.85. The van der Waals surface area contributed by atoms with E-state index in [9.17, 15) is 0 Å². The predicted octanol–water partition coefficient (Wildman–Crippen LogP) is 2.33. The smallest absolute Gasteiger partial charge is 0.0704 e. The van der Waals surface area contributed by atoms with Crippen LogP contribution in [0.3, 0.4) is 0 Å². The zero-order valence-corrected chi connectivity index (χ0v) is 9.68. The molecule has 0 aromatic rings. The Morgan fingerprint density at radius 2 is 1.93 bits per heavy atom. The van der Waals surface area contributed by atoms with Crippen molar-refractivity contribution in [2.45, 2.75) is 64.2 Å². The quantitative estimate of drug-likeness (QED) is 0.747. The highest BCUT2D eigenvalue weighted by Crippen LogP contribution is 2.39. The molecule has 1 aliphatic heterocycles. The molecule has 1 saturated carbocycles. The molecular weight excluding hydrogens is 174 g/mol. The highest BCUT2D eigenvalue weighted by atomic mass is 16.5. The summed E-state index contributed by atoms with van der Waals surface area (Å²) < 4.78 is 5.79. The third-order valence-electron chi connectivity index (χ3n) is 3.70. The van der Waals surface area contributed by atoms with E-state index >= 15 is 0 Å². The van der Waals surface area contributed by atoms with Gasteiger partial charge in [0.2, 0.25) is 0 Å². The van der Waals surface area contributed by atoms with Gasteiger partial charge in [0.1, 0.15) is 0 Å². The average Bonchev–Trinajstić information content (AvgIpc) is 2.89. The summed E-state index contributed by atoms with van der Waals surface area (Å²) in [4.78, 5) is 0. The van der Waals surface area contributed by atoms with Crippen LogP contribution in [0, 0.1) is 5.92 Å². The predicted molar refractivity (Wildman–Crippen MR) is 58.4 cm³/mol. The minimum Gasteiger partial charge on any atom is -0.374 e. The van der Waals surface area contributed by atoms with Crippen LogP contribution in [0.4, 0.5) is 0 Å². The molecule has 1 saturated heterocycles. The summed E-state index contributed by atoms with van der Waals surface area (Å²) in [6.07, 6.45) is 6.21. The summed E-state index contributed by atoms with van der Waals surface area (Å²) in [5, 5.41) is 3.66. The van der Waals surface area contributed by atoms with Crippen LogP contribution in [0.15, 0.2) is 0 Å². The lowest BCUT2D eigenvalue weighted by Crippen LogP contribution is -2.45. The first kappa shape index (κ1) is 10.4. The van der Waals surface area contributed by atoms with Crippen molar-refractivity contribution >= 4 is 0 Å². The first-order chi connectivity index (χ1) is 6.58. The van der Waals surface area contributed by atoms with Gasteiger partial charge in [-0.1, -0.05) is 0 Å². The van der Waals surface area contributed by atoms with Gasteiger partial charge in [0.25, 0.3) is 0 Å². The molecule has 82 valence electrons. The van der Waals surface area contributed by atoms with Crippen molar-refractivity contribution < 1.29 is 4.74 Å². The van der Waals surface area contributed by atoms with Crippen LogP contribution in [0.1, 0.15) is 46.5 Å². The van der Waals surface area contributed by atoms with E-state index in [1.54, 1.807) is 0 Å². The van der Waals surface area contributed by atoms with E-state index in [2.05, 4.69) is 26.1 Å². The van der Waals surface area contributed by atoms with Gasteiger partial charge < -0.3 is 10.1 Å². The number of nitrogens with one attached hydrogen (secondary N) is 1. The second-order valence-electron chi connectivity index (χ2n) is 5.52. The number of rotatable bonds is 4. The second kappa shape index (κ2) is 3.82. The lowest BCUT2D eigenvalue weighted by molar-refractivity contribution is 0.0507. The first-order valence-corrected chi connectivity index (χ1v) is 5.98. The zero-order chi connectivity index (χ0) is 10.2. The van der Waals surface area contributed by atoms with E-state index in [0.29, 0.717) is 17.7 Å². The SMILES string of the molecule is CC1CCC(CNC(C)(C)C2CC2)O1. The van der Waals surface area contributed by atoms with E-state index in [4.69, 9.17) is 4.74 Å². The van der Waals surface area contributed by atoms with Crippen molar-refractivity contribution in [1.82, 2.24) is 5.32 Å². The van der Waals surface area contributed by atoms with E-state index in [1.165, 1.54) is 25.7 Å². The van der Waals surface area contributed by atoms with Gasteiger partial charge >= 0.3 is 0 Å².